The fourth-order valence-corrected chi connectivity index (χ4v) is 5.18. The molecular formula is C31H36N2O3. The summed E-state index contributed by atoms with van der Waals surface area (Å²) in [6.07, 6.45) is 3.78. The normalized spacial score (nSPS) is 18.7. The summed E-state index contributed by atoms with van der Waals surface area (Å²) >= 11 is 0. The molecule has 2 aromatic carbocycles. The van der Waals surface area contributed by atoms with E-state index in [0.717, 1.165) is 22.4 Å². The largest absolute Gasteiger partial charge is 0.467 e. The maximum Gasteiger partial charge on any atom is 0.251 e. The second-order valence-corrected chi connectivity index (χ2v) is 10.7. The van der Waals surface area contributed by atoms with Gasteiger partial charge in [-0.2, -0.15) is 0 Å². The van der Waals surface area contributed by atoms with Crippen LogP contribution >= 0.6 is 0 Å². The zero-order valence-corrected chi connectivity index (χ0v) is 22.0. The minimum absolute atomic E-state index is 0.0376. The molecule has 3 atom stereocenters. The van der Waals surface area contributed by atoms with Crippen LogP contribution in [0.2, 0.25) is 0 Å². The molecule has 3 aromatic rings. The van der Waals surface area contributed by atoms with Gasteiger partial charge in [0.2, 0.25) is 5.91 Å². The summed E-state index contributed by atoms with van der Waals surface area (Å²) < 4.78 is 5.64. The first-order valence-corrected chi connectivity index (χ1v) is 12.5. The number of amides is 2. The summed E-state index contributed by atoms with van der Waals surface area (Å²) in [7, 11) is 0. The second kappa shape index (κ2) is 10.2. The molecule has 1 aliphatic carbocycles. The van der Waals surface area contributed by atoms with Crippen LogP contribution in [0.5, 0.6) is 0 Å². The number of rotatable bonds is 8. The van der Waals surface area contributed by atoms with Gasteiger partial charge in [-0.3, -0.25) is 9.59 Å². The Kier molecular flexibility index (Phi) is 7.21. The van der Waals surface area contributed by atoms with E-state index >= 15 is 0 Å². The number of benzene rings is 2. The van der Waals surface area contributed by atoms with Gasteiger partial charge in [-0.25, -0.2) is 0 Å². The van der Waals surface area contributed by atoms with Gasteiger partial charge in [0.05, 0.1) is 18.7 Å². The Hall–Kier alpha value is -3.60. The van der Waals surface area contributed by atoms with Crippen molar-refractivity contribution in [2.75, 3.05) is 5.32 Å². The van der Waals surface area contributed by atoms with Crippen molar-refractivity contribution in [2.45, 2.75) is 54.1 Å². The van der Waals surface area contributed by atoms with Crippen molar-refractivity contribution in [2.24, 2.45) is 17.3 Å². The molecule has 0 bridgehead atoms. The number of anilines is 1. The first kappa shape index (κ1) is 25.5. The SMILES string of the molecule is CC(C)=C[C@H]1[C@@H](C(=O)N(Cc2ccco2)[C@H](C(=O)Nc2c(C)cccc2C)c2ccccc2)C1(C)C. The van der Waals surface area contributed by atoms with Gasteiger partial charge in [0, 0.05) is 5.69 Å². The number of para-hydroxylation sites is 1. The van der Waals surface area contributed by atoms with E-state index in [0.29, 0.717) is 5.76 Å². The fourth-order valence-electron chi connectivity index (χ4n) is 5.18. The molecule has 36 heavy (non-hydrogen) atoms. The highest BCUT2D eigenvalue weighted by Gasteiger charge is 2.62. The lowest BCUT2D eigenvalue weighted by atomic mass is 10.0. The van der Waals surface area contributed by atoms with Gasteiger partial charge in [-0.15, -0.1) is 0 Å². The molecule has 1 aromatic heterocycles. The summed E-state index contributed by atoms with van der Waals surface area (Å²) in [5.74, 6) is 0.287. The van der Waals surface area contributed by atoms with Crippen molar-refractivity contribution in [3.05, 3.63) is 101 Å². The lowest BCUT2D eigenvalue weighted by Crippen LogP contribution is -2.42. The molecule has 1 N–H and O–H groups in total. The van der Waals surface area contributed by atoms with Crippen LogP contribution < -0.4 is 5.32 Å². The van der Waals surface area contributed by atoms with Crippen LogP contribution in [-0.2, 0) is 16.1 Å². The summed E-state index contributed by atoms with van der Waals surface area (Å²) in [5, 5.41) is 3.14. The minimum atomic E-state index is -0.813. The smallest absolute Gasteiger partial charge is 0.251 e. The fraction of sp³-hybridized carbons (Fsp3) is 0.355. The highest BCUT2D eigenvalue weighted by atomic mass is 16.3. The number of allylic oxidation sites excluding steroid dienone is 2. The summed E-state index contributed by atoms with van der Waals surface area (Å²) in [4.78, 5) is 29.9. The first-order chi connectivity index (χ1) is 17.1. The Morgan fingerprint density at radius 1 is 1.00 bits per heavy atom. The summed E-state index contributed by atoms with van der Waals surface area (Å²) in [6, 6.07) is 18.3. The molecule has 188 valence electrons. The number of aryl methyl sites for hydroxylation is 2. The van der Waals surface area contributed by atoms with Crippen LogP contribution in [0.15, 0.2) is 83.0 Å². The molecular weight excluding hydrogens is 448 g/mol. The van der Waals surface area contributed by atoms with E-state index in [2.05, 4.69) is 39.1 Å². The van der Waals surface area contributed by atoms with Gasteiger partial charge in [0.1, 0.15) is 11.8 Å². The zero-order valence-electron chi connectivity index (χ0n) is 22.0. The monoisotopic (exact) mass is 484 g/mol. The Balaban J connectivity index is 1.76. The number of carbonyl (C=O) groups excluding carboxylic acids is 2. The molecule has 0 aliphatic heterocycles. The molecule has 0 radical (unpaired) electrons. The molecule has 1 heterocycles. The summed E-state index contributed by atoms with van der Waals surface area (Å²) in [5.41, 5.74) is 4.51. The van der Waals surface area contributed by atoms with E-state index < -0.39 is 6.04 Å². The van der Waals surface area contributed by atoms with E-state index in [4.69, 9.17) is 4.42 Å². The topological polar surface area (TPSA) is 62.6 Å². The van der Waals surface area contributed by atoms with Gasteiger partial charge >= 0.3 is 0 Å². The van der Waals surface area contributed by atoms with Gasteiger partial charge in [0.15, 0.2) is 0 Å². The van der Waals surface area contributed by atoms with Crippen molar-refractivity contribution in [1.29, 1.82) is 0 Å². The van der Waals surface area contributed by atoms with Crippen molar-refractivity contribution in [3.63, 3.8) is 0 Å². The highest BCUT2D eigenvalue weighted by molar-refractivity contribution is 5.99. The van der Waals surface area contributed by atoms with Crippen molar-refractivity contribution in [3.8, 4) is 0 Å². The third kappa shape index (κ3) is 5.15. The molecule has 4 rings (SSSR count). The van der Waals surface area contributed by atoms with Gasteiger partial charge in [-0.1, -0.05) is 74.0 Å². The van der Waals surface area contributed by atoms with E-state index in [1.807, 2.05) is 68.4 Å². The number of carbonyl (C=O) groups is 2. The summed E-state index contributed by atoms with van der Waals surface area (Å²) in [6.45, 7) is 12.5. The number of nitrogens with one attached hydrogen (secondary N) is 1. The highest BCUT2D eigenvalue weighted by Crippen LogP contribution is 2.60. The molecule has 2 amide bonds. The maximum absolute atomic E-state index is 14.2. The molecule has 5 nitrogen and oxygen atoms in total. The van der Waals surface area contributed by atoms with E-state index in [1.54, 1.807) is 17.2 Å². The van der Waals surface area contributed by atoms with Crippen molar-refractivity contribution in [1.82, 2.24) is 4.90 Å². The first-order valence-electron chi connectivity index (χ1n) is 12.5. The van der Waals surface area contributed by atoms with Crippen LogP contribution in [0.25, 0.3) is 0 Å². The second-order valence-electron chi connectivity index (χ2n) is 10.7. The quantitative estimate of drug-likeness (QED) is 0.356. The van der Waals surface area contributed by atoms with Gasteiger partial charge in [-0.05, 0) is 67.9 Å². The Morgan fingerprint density at radius 3 is 2.25 bits per heavy atom. The molecule has 0 spiro atoms. The van der Waals surface area contributed by atoms with Crippen LogP contribution in [-0.4, -0.2) is 16.7 Å². The van der Waals surface area contributed by atoms with Crippen LogP contribution in [0.4, 0.5) is 5.69 Å². The molecule has 5 heteroatoms. The number of hydrogen-bond acceptors (Lipinski definition) is 3. The molecule has 1 saturated carbocycles. The molecule has 0 unspecified atom stereocenters. The number of hydrogen-bond donors (Lipinski definition) is 1. The van der Waals surface area contributed by atoms with Crippen molar-refractivity contribution < 1.29 is 14.0 Å². The minimum Gasteiger partial charge on any atom is -0.467 e. The number of furan rings is 1. The molecule has 1 fully saturated rings. The average Bonchev–Trinajstić information content (AvgIpc) is 3.14. The lowest BCUT2D eigenvalue weighted by molar-refractivity contribution is -0.142. The standard InChI is InChI=1S/C31H36N2O3/c1-20(2)18-25-26(31(25,5)6)30(35)33(19-24-16-11-17-36-24)28(23-14-8-7-9-15-23)29(34)32-27-21(3)12-10-13-22(27)4/h7-18,25-26,28H,19H2,1-6H3,(H,32,34)/t25-,26-,28-/m0/s1. The zero-order chi connectivity index (χ0) is 26.0. The Bertz CT molecular complexity index is 1230. The van der Waals surface area contributed by atoms with Gasteiger partial charge < -0.3 is 14.6 Å². The van der Waals surface area contributed by atoms with Crippen LogP contribution in [0.1, 0.15) is 56.2 Å². The van der Waals surface area contributed by atoms with E-state index in [9.17, 15) is 9.59 Å². The average molecular weight is 485 g/mol. The molecule has 1 aliphatic rings. The Labute approximate surface area is 214 Å². The molecule has 0 saturated heterocycles. The third-order valence-corrected chi connectivity index (χ3v) is 7.28. The van der Waals surface area contributed by atoms with Crippen molar-refractivity contribution >= 4 is 17.5 Å². The maximum atomic E-state index is 14.2. The lowest BCUT2D eigenvalue weighted by Gasteiger charge is -2.32. The van der Waals surface area contributed by atoms with E-state index in [1.165, 1.54) is 5.57 Å². The Morgan fingerprint density at radius 2 is 1.67 bits per heavy atom. The van der Waals surface area contributed by atoms with E-state index in [-0.39, 0.29) is 35.6 Å². The third-order valence-electron chi connectivity index (χ3n) is 7.28. The van der Waals surface area contributed by atoms with Gasteiger partial charge in [0.25, 0.3) is 5.91 Å². The predicted molar refractivity (Wildman–Crippen MR) is 143 cm³/mol. The number of nitrogens with zero attached hydrogens (tertiary/aromatic N) is 1. The van der Waals surface area contributed by atoms with Crippen LogP contribution in [0, 0.1) is 31.1 Å². The van der Waals surface area contributed by atoms with Crippen LogP contribution in [0.3, 0.4) is 0 Å². The predicted octanol–water partition coefficient (Wildman–Crippen LogP) is 6.84.